The van der Waals surface area contributed by atoms with E-state index in [1.165, 1.54) is 0 Å². The number of aryl methyl sites for hydroxylation is 1. The predicted octanol–water partition coefficient (Wildman–Crippen LogP) is 2.27. The first-order chi connectivity index (χ1) is 13.0. The molecule has 0 spiro atoms. The highest BCUT2D eigenvalue weighted by Crippen LogP contribution is 2.32. The molecule has 3 heterocycles. The third-order valence-electron chi connectivity index (χ3n) is 5.02. The first kappa shape index (κ1) is 17.6. The quantitative estimate of drug-likeness (QED) is 0.725. The second-order valence-electron chi connectivity index (χ2n) is 6.72. The van der Waals surface area contributed by atoms with Crippen LogP contribution in [0, 0.1) is 6.92 Å². The van der Waals surface area contributed by atoms with Gasteiger partial charge in [0.25, 0.3) is 5.91 Å². The number of carbonyl (C=O) groups excluding carboxylic acids is 2. The van der Waals surface area contributed by atoms with Gasteiger partial charge < -0.3 is 15.2 Å². The van der Waals surface area contributed by atoms with Gasteiger partial charge in [-0.05, 0) is 19.1 Å². The first-order valence-electron chi connectivity index (χ1n) is 8.80. The van der Waals surface area contributed by atoms with E-state index < -0.39 is 0 Å². The van der Waals surface area contributed by atoms with Crippen molar-refractivity contribution in [1.29, 1.82) is 0 Å². The number of halogens is 1. The summed E-state index contributed by atoms with van der Waals surface area (Å²) in [6, 6.07) is 7.53. The molecular weight excluding hydrogens is 366 g/mol. The van der Waals surface area contributed by atoms with E-state index in [0.717, 1.165) is 34.3 Å². The molecule has 0 saturated heterocycles. The van der Waals surface area contributed by atoms with Crippen molar-refractivity contribution in [2.75, 3.05) is 13.6 Å². The first-order valence-corrected chi connectivity index (χ1v) is 9.18. The zero-order valence-electron chi connectivity index (χ0n) is 15.2. The molecule has 4 rings (SSSR count). The predicted molar refractivity (Wildman–Crippen MR) is 103 cm³/mol. The highest BCUT2D eigenvalue weighted by atomic mass is 35.5. The second-order valence-corrected chi connectivity index (χ2v) is 7.13. The maximum Gasteiger partial charge on any atom is 0.274 e. The number of amides is 2. The number of hydrogen-bond acceptors (Lipinski definition) is 3. The van der Waals surface area contributed by atoms with Crippen molar-refractivity contribution >= 4 is 34.3 Å². The molecule has 0 bridgehead atoms. The molecule has 3 aromatic rings. The number of nitrogens with one attached hydrogen (secondary N) is 2. The van der Waals surface area contributed by atoms with E-state index in [9.17, 15) is 9.59 Å². The van der Waals surface area contributed by atoms with E-state index >= 15 is 0 Å². The van der Waals surface area contributed by atoms with Crippen LogP contribution < -0.4 is 5.32 Å². The topological polar surface area (TPSA) is 83.0 Å². The maximum absolute atomic E-state index is 13.0. The van der Waals surface area contributed by atoms with E-state index in [2.05, 4.69) is 15.4 Å². The number of rotatable bonds is 3. The molecule has 0 saturated carbocycles. The van der Waals surface area contributed by atoms with Gasteiger partial charge in [-0.15, -0.1) is 0 Å². The SMILES string of the molecule is CNC(=O)Cn1nc(C(=O)N2CCc3[nH]c4c(Cl)cccc4c3C2)cc1C. The average Bonchev–Trinajstić information content (AvgIpc) is 3.22. The fourth-order valence-corrected chi connectivity index (χ4v) is 3.75. The van der Waals surface area contributed by atoms with Crippen molar-refractivity contribution in [3.8, 4) is 0 Å². The summed E-state index contributed by atoms with van der Waals surface area (Å²) in [5, 5.41) is 8.63. The van der Waals surface area contributed by atoms with Gasteiger partial charge in [-0.2, -0.15) is 5.10 Å². The summed E-state index contributed by atoms with van der Waals surface area (Å²) in [4.78, 5) is 29.7. The number of benzene rings is 1. The summed E-state index contributed by atoms with van der Waals surface area (Å²) < 4.78 is 1.55. The molecule has 8 heteroatoms. The van der Waals surface area contributed by atoms with Crippen LogP contribution in [0.5, 0.6) is 0 Å². The fraction of sp³-hybridized carbons (Fsp3) is 0.316. The minimum atomic E-state index is -0.154. The Labute approximate surface area is 161 Å². The van der Waals surface area contributed by atoms with Gasteiger partial charge in [-0.3, -0.25) is 14.3 Å². The molecule has 140 valence electrons. The monoisotopic (exact) mass is 385 g/mol. The van der Waals surface area contributed by atoms with Crippen LogP contribution in [0.3, 0.4) is 0 Å². The van der Waals surface area contributed by atoms with E-state index in [0.29, 0.717) is 23.8 Å². The number of carbonyl (C=O) groups is 2. The number of fused-ring (bicyclic) bond motifs is 3. The molecule has 2 aromatic heterocycles. The van der Waals surface area contributed by atoms with Crippen LogP contribution in [-0.4, -0.2) is 45.1 Å². The molecular formula is C19H20ClN5O2. The largest absolute Gasteiger partial charge is 0.358 e. The summed E-state index contributed by atoms with van der Waals surface area (Å²) in [6.07, 6.45) is 0.740. The molecule has 0 fully saturated rings. The third kappa shape index (κ3) is 3.08. The Hall–Kier alpha value is -2.80. The number of likely N-dealkylation sites (N-methyl/N-ethyl adjacent to an activating group) is 1. The van der Waals surface area contributed by atoms with E-state index in [4.69, 9.17) is 11.6 Å². The average molecular weight is 386 g/mol. The van der Waals surface area contributed by atoms with Gasteiger partial charge in [-0.1, -0.05) is 23.7 Å². The molecule has 7 nitrogen and oxygen atoms in total. The number of H-pyrrole nitrogens is 1. The van der Waals surface area contributed by atoms with Crippen LogP contribution >= 0.6 is 11.6 Å². The van der Waals surface area contributed by atoms with Gasteiger partial charge >= 0.3 is 0 Å². The van der Waals surface area contributed by atoms with Crippen molar-refractivity contribution in [3.05, 3.63) is 51.9 Å². The lowest BCUT2D eigenvalue weighted by molar-refractivity contribution is -0.121. The minimum Gasteiger partial charge on any atom is -0.358 e. The fourth-order valence-electron chi connectivity index (χ4n) is 3.53. The van der Waals surface area contributed by atoms with Crippen LogP contribution in [-0.2, 0) is 24.3 Å². The third-order valence-corrected chi connectivity index (χ3v) is 5.33. The Kier molecular flexibility index (Phi) is 4.39. The van der Waals surface area contributed by atoms with Gasteiger partial charge in [0.05, 0.1) is 10.5 Å². The van der Waals surface area contributed by atoms with Crippen LogP contribution in [0.4, 0.5) is 0 Å². The van der Waals surface area contributed by atoms with E-state index in [1.807, 2.05) is 25.1 Å². The smallest absolute Gasteiger partial charge is 0.274 e. The Bertz CT molecular complexity index is 1050. The molecule has 1 aromatic carbocycles. The van der Waals surface area contributed by atoms with Gasteiger partial charge in [0.1, 0.15) is 6.54 Å². The van der Waals surface area contributed by atoms with Gasteiger partial charge in [0.2, 0.25) is 5.91 Å². The minimum absolute atomic E-state index is 0.0979. The molecule has 0 radical (unpaired) electrons. The molecule has 2 N–H and O–H groups in total. The molecule has 0 unspecified atom stereocenters. The molecule has 1 aliphatic rings. The lowest BCUT2D eigenvalue weighted by Gasteiger charge is -2.26. The van der Waals surface area contributed by atoms with Crippen LogP contribution in [0.1, 0.15) is 27.4 Å². The highest BCUT2D eigenvalue weighted by Gasteiger charge is 2.27. The maximum atomic E-state index is 13.0. The van der Waals surface area contributed by atoms with Crippen molar-refractivity contribution in [1.82, 2.24) is 25.0 Å². The van der Waals surface area contributed by atoms with Crippen molar-refractivity contribution in [2.45, 2.75) is 26.4 Å². The summed E-state index contributed by atoms with van der Waals surface area (Å²) in [5.74, 6) is -0.283. The summed E-state index contributed by atoms with van der Waals surface area (Å²) in [7, 11) is 1.58. The number of aromatic nitrogens is 3. The van der Waals surface area contributed by atoms with Crippen LogP contribution in [0.25, 0.3) is 10.9 Å². The van der Waals surface area contributed by atoms with Crippen LogP contribution in [0.2, 0.25) is 5.02 Å². The number of para-hydroxylation sites is 1. The lowest BCUT2D eigenvalue weighted by atomic mass is 10.0. The lowest BCUT2D eigenvalue weighted by Crippen LogP contribution is -2.36. The Morgan fingerprint density at radius 1 is 1.37 bits per heavy atom. The molecule has 0 aliphatic carbocycles. The van der Waals surface area contributed by atoms with E-state index in [1.54, 1.807) is 22.7 Å². The Morgan fingerprint density at radius 3 is 2.96 bits per heavy atom. The normalized spacial score (nSPS) is 13.7. The standard InChI is InChI=1S/C19H20ClN5O2/c1-11-8-16(23-25(11)10-17(26)21-2)19(27)24-7-6-15-13(9-24)12-4-3-5-14(20)18(12)22-15/h3-5,8,22H,6-7,9-10H2,1-2H3,(H,21,26). The molecule has 1 aliphatic heterocycles. The number of hydrogen-bond donors (Lipinski definition) is 2. The zero-order chi connectivity index (χ0) is 19.1. The Morgan fingerprint density at radius 2 is 2.19 bits per heavy atom. The van der Waals surface area contributed by atoms with Gasteiger partial charge in [0, 0.05) is 48.9 Å². The number of aromatic amines is 1. The zero-order valence-corrected chi connectivity index (χ0v) is 15.9. The highest BCUT2D eigenvalue weighted by molar-refractivity contribution is 6.35. The molecule has 0 atom stereocenters. The molecule has 2 amide bonds. The number of nitrogens with zero attached hydrogens (tertiary/aromatic N) is 3. The van der Waals surface area contributed by atoms with Crippen LogP contribution in [0.15, 0.2) is 24.3 Å². The van der Waals surface area contributed by atoms with Crippen molar-refractivity contribution in [3.63, 3.8) is 0 Å². The summed E-state index contributed by atoms with van der Waals surface area (Å²) in [5.41, 5.74) is 4.29. The van der Waals surface area contributed by atoms with Crippen molar-refractivity contribution < 1.29 is 9.59 Å². The molecule has 27 heavy (non-hydrogen) atoms. The summed E-state index contributed by atoms with van der Waals surface area (Å²) in [6.45, 7) is 3.05. The Balaban J connectivity index is 1.60. The second kappa shape index (κ2) is 6.74. The van der Waals surface area contributed by atoms with E-state index in [-0.39, 0.29) is 18.4 Å². The van der Waals surface area contributed by atoms with Gasteiger partial charge in [-0.25, -0.2) is 0 Å². The summed E-state index contributed by atoms with van der Waals surface area (Å²) >= 11 is 6.29. The van der Waals surface area contributed by atoms with Crippen molar-refractivity contribution in [2.24, 2.45) is 0 Å². The van der Waals surface area contributed by atoms with Gasteiger partial charge in [0.15, 0.2) is 5.69 Å².